The first-order chi connectivity index (χ1) is 13.8. The van der Waals surface area contributed by atoms with Crippen LogP contribution in [0.25, 0.3) is 0 Å². The summed E-state index contributed by atoms with van der Waals surface area (Å²) >= 11 is 3.52. The van der Waals surface area contributed by atoms with Gasteiger partial charge in [-0.1, -0.05) is 171 Å². The zero-order chi connectivity index (χ0) is 20.5. The fraction of sp³-hybridized carbons (Fsp3) is 1.00. The van der Waals surface area contributed by atoms with Crippen molar-refractivity contribution in [2.75, 3.05) is 5.33 Å². The summed E-state index contributed by atoms with van der Waals surface area (Å²) in [5.74, 6) is 0.961. The van der Waals surface area contributed by atoms with Crippen LogP contribution in [0.2, 0.25) is 0 Å². The maximum atomic E-state index is 3.52. The van der Waals surface area contributed by atoms with Crippen LogP contribution >= 0.6 is 15.9 Å². The Morgan fingerprint density at radius 1 is 0.429 bits per heavy atom. The third-order valence-corrected chi connectivity index (χ3v) is 6.94. The van der Waals surface area contributed by atoms with Gasteiger partial charge in [-0.3, -0.25) is 0 Å². The van der Waals surface area contributed by atoms with Crippen molar-refractivity contribution in [3.63, 3.8) is 0 Å². The first-order valence-electron chi connectivity index (χ1n) is 13.4. The van der Waals surface area contributed by atoms with Crippen molar-refractivity contribution < 1.29 is 0 Å². The lowest BCUT2D eigenvalue weighted by Gasteiger charge is -2.11. The highest BCUT2D eigenvalue weighted by molar-refractivity contribution is 9.09. The minimum atomic E-state index is 0.961. The summed E-state index contributed by atoms with van der Waals surface area (Å²) in [6.07, 6.45) is 33.6. The highest BCUT2D eigenvalue weighted by atomic mass is 79.9. The minimum Gasteiger partial charge on any atom is -0.0928 e. The molecule has 0 aromatic carbocycles. The molecule has 0 saturated heterocycles. The topological polar surface area (TPSA) is 0 Å². The molecule has 0 amide bonds. The predicted octanol–water partition coefficient (Wildman–Crippen LogP) is 11.0. The summed E-state index contributed by atoms with van der Waals surface area (Å²) < 4.78 is 0. The van der Waals surface area contributed by atoms with Crippen LogP contribution in [0.4, 0.5) is 0 Å². The summed E-state index contributed by atoms with van der Waals surface area (Å²) in [7, 11) is 0. The molecule has 28 heavy (non-hydrogen) atoms. The molecular weight excluding hydrogens is 404 g/mol. The smallest absolute Gasteiger partial charge is 0.00313 e. The zero-order valence-electron chi connectivity index (χ0n) is 19.9. The van der Waals surface area contributed by atoms with Crippen LogP contribution in [0.5, 0.6) is 0 Å². The summed E-state index contributed by atoms with van der Waals surface area (Å²) in [6, 6.07) is 0. The van der Waals surface area contributed by atoms with Crippen LogP contribution in [0.3, 0.4) is 0 Å². The Hall–Kier alpha value is 0.480. The van der Waals surface area contributed by atoms with Crippen molar-refractivity contribution in [3.05, 3.63) is 0 Å². The Bertz CT molecular complexity index is 263. The lowest BCUT2D eigenvalue weighted by atomic mass is 9.96. The molecule has 170 valence electrons. The molecule has 0 aromatic heterocycles. The standard InChI is InChI=1S/C27H55Br/c1-3-4-5-6-7-8-9-10-11-12-13-14-15-16-18-21-24-27(2)25-22-19-17-20-23-26-28/h27H,3-26H2,1-2H3. The third kappa shape index (κ3) is 24.5. The molecule has 0 bridgehead atoms. The van der Waals surface area contributed by atoms with Crippen molar-refractivity contribution >= 4 is 15.9 Å². The highest BCUT2D eigenvalue weighted by Crippen LogP contribution is 2.19. The fourth-order valence-electron chi connectivity index (χ4n) is 4.30. The molecule has 0 saturated carbocycles. The molecule has 0 fully saturated rings. The van der Waals surface area contributed by atoms with Crippen molar-refractivity contribution in [1.82, 2.24) is 0 Å². The summed E-state index contributed by atoms with van der Waals surface area (Å²) in [5, 5.41) is 1.18. The normalized spacial score (nSPS) is 12.5. The van der Waals surface area contributed by atoms with E-state index in [1.165, 1.54) is 153 Å². The van der Waals surface area contributed by atoms with Gasteiger partial charge in [-0.05, 0) is 12.3 Å². The lowest BCUT2D eigenvalue weighted by Crippen LogP contribution is -1.95. The number of hydrogen-bond acceptors (Lipinski definition) is 0. The van der Waals surface area contributed by atoms with E-state index in [4.69, 9.17) is 0 Å². The number of unbranched alkanes of at least 4 members (excludes halogenated alkanes) is 19. The van der Waals surface area contributed by atoms with E-state index in [1.54, 1.807) is 0 Å². The fourth-order valence-corrected chi connectivity index (χ4v) is 4.70. The maximum Gasteiger partial charge on any atom is 0.00313 e. The van der Waals surface area contributed by atoms with Gasteiger partial charge in [0, 0.05) is 5.33 Å². The van der Waals surface area contributed by atoms with Gasteiger partial charge < -0.3 is 0 Å². The van der Waals surface area contributed by atoms with Crippen LogP contribution in [0.15, 0.2) is 0 Å². The molecule has 0 heterocycles. The van der Waals surface area contributed by atoms with Crippen molar-refractivity contribution in [1.29, 1.82) is 0 Å². The van der Waals surface area contributed by atoms with Crippen LogP contribution in [0.1, 0.15) is 162 Å². The molecule has 1 unspecified atom stereocenters. The van der Waals surface area contributed by atoms with Crippen molar-refractivity contribution in [2.24, 2.45) is 5.92 Å². The van der Waals surface area contributed by atoms with Crippen LogP contribution in [0, 0.1) is 5.92 Å². The van der Waals surface area contributed by atoms with Crippen LogP contribution < -0.4 is 0 Å². The zero-order valence-corrected chi connectivity index (χ0v) is 21.5. The Kier molecular flexibility index (Phi) is 26.0. The Morgan fingerprint density at radius 3 is 1.04 bits per heavy atom. The van der Waals surface area contributed by atoms with E-state index in [-0.39, 0.29) is 0 Å². The summed E-state index contributed by atoms with van der Waals surface area (Å²) in [4.78, 5) is 0. The average Bonchev–Trinajstić information content (AvgIpc) is 2.70. The number of halogens is 1. The SMILES string of the molecule is CCCCCCCCCCCCCCCCCCC(C)CCCCCCCBr. The largest absolute Gasteiger partial charge is 0.0928 e. The van der Waals surface area contributed by atoms with E-state index in [0.29, 0.717) is 0 Å². The monoisotopic (exact) mass is 458 g/mol. The highest BCUT2D eigenvalue weighted by Gasteiger charge is 2.02. The van der Waals surface area contributed by atoms with Crippen molar-refractivity contribution in [3.8, 4) is 0 Å². The molecule has 1 heteroatoms. The van der Waals surface area contributed by atoms with Gasteiger partial charge in [0.15, 0.2) is 0 Å². The molecule has 0 aromatic rings. The van der Waals surface area contributed by atoms with Gasteiger partial charge in [-0.25, -0.2) is 0 Å². The second-order valence-electron chi connectivity index (χ2n) is 9.44. The van der Waals surface area contributed by atoms with E-state index < -0.39 is 0 Å². The van der Waals surface area contributed by atoms with Gasteiger partial charge in [-0.15, -0.1) is 0 Å². The lowest BCUT2D eigenvalue weighted by molar-refractivity contribution is 0.431. The molecule has 0 spiro atoms. The van der Waals surface area contributed by atoms with E-state index in [2.05, 4.69) is 29.8 Å². The van der Waals surface area contributed by atoms with Gasteiger partial charge in [-0.2, -0.15) is 0 Å². The second kappa shape index (κ2) is 25.5. The summed E-state index contributed by atoms with van der Waals surface area (Å²) in [6.45, 7) is 4.78. The van der Waals surface area contributed by atoms with E-state index in [9.17, 15) is 0 Å². The molecule has 0 aliphatic rings. The quantitative estimate of drug-likeness (QED) is 0.0994. The van der Waals surface area contributed by atoms with Gasteiger partial charge in [0.05, 0.1) is 0 Å². The van der Waals surface area contributed by atoms with E-state index >= 15 is 0 Å². The van der Waals surface area contributed by atoms with Crippen LogP contribution in [-0.2, 0) is 0 Å². The molecular formula is C27H55Br. The first-order valence-corrected chi connectivity index (χ1v) is 14.5. The molecule has 0 aliphatic carbocycles. The second-order valence-corrected chi connectivity index (χ2v) is 10.2. The number of hydrogen-bond donors (Lipinski definition) is 0. The number of rotatable bonds is 24. The van der Waals surface area contributed by atoms with E-state index in [0.717, 1.165) is 5.92 Å². The Labute approximate surface area is 188 Å². The minimum absolute atomic E-state index is 0.961. The predicted molar refractivity (Wildman–Crippen MR) is 135 cm³/mol. The third-order valence-electron chi connectivity index (χ3n) is 6.38. The summed E-state index contributed by atoms with van der Waals surface area (Å²) in [5.41, 5.74) is 0. The molecule has 1 atom stereocenters. The molecule has 0 aliphatic heterocycles. The average molecular weight is 460 g/mol. The first kappa shape index (κ1) is 28.5. The van der Waals surface area contributed by atoms with Gasteiger partial charge in [0.1, 0.15) is 0 Å². The van der Waals surface area contributed by atoms with Gasteiger partial charge in [0.25, 0.3) is 0 Å². The molecule has 0 nitrogen and oxygen atoms in total. The number of alkyl halides is 1. The molecule has 0 radical (unpaired) electrons. The van der Waals surface area contributed by atoms with Crippen molar-refractivity contribution in [2.45, 2.75) is 162 Å². The van der Waals surface area contributed by atoms with E-state index in [1.807, 2.05) is 0 Å². The Morgan fingerprint density at radius 2 is 0.714 bits per heavy atom. The Balaban J connectivity index is 3.09. The molecule has 0 rings (SSSR count). The maximum absolute atomic E-state index is 3.52. The molecule has 0 N–H and O–H groups in total. The van der Waals surface area contributed by atoms with Crippen LogP contribution in [-0.4, -0.2) is 5.33 Å². The van der Waals surface area contributed by atoms with Gasteiger partial charge >= 0.3 is 0 Å². The van der Waals surface area contributed by atoms with Gasteiger partial charge in [0.2, 0.25) is 0 Å².